The van der Waals surface area contributed by atoms with Crippen LogP contribution in [-0.4, -0.2) is 25.2 Å². The van der Waals surface area contributed by atoms with Gasteiger partial charge in [-0.25, -0.2) is 0 Å². The van der Waals surface area contributed by atoms with Crippen molar-refractivity contribution >= 4 is 23.2 Å². The molecule has 0 bridgehead atoms. The molecule has 1 amide bonds. The highest BCUT2D eigenvalue weighted by Gasteiger charge is 2.17. The van der Waals surface area contributed by atoms with Gasteiger partial charge in [0.1, 0.15) is 0 Å². The second kappa shape index (κ2) is 9.80. The van der Waals surface area contributed by atoms with Crippen molar-refractivity contribution in [2.45, 2.75) is 52.6 Å². The molecule has 4 heteroatoms. The number of anilines is 1. The zero-order chi connectivity index (χ0) is 15.7. The van der Waals surface area contributed by atoms with Crippen molar-refractivity contribution < 1.29 is 9.53 Å². The minimum absolute atomic E-state index is 0.0961. The highest BCUT2D eigenvalue weighted by Crippen LogP contribution is 2.26. The summed E-state index contributed by atoms with van der Waals surface area (Å²) in [4.78, 5) is 14.1. The van der Waals surface area contributed by atoms with Gasteiger partial charge < -0.3 is 9.64 Å². The smallest absolute Gasteiger partial charge is 0.227 e. The van der Waals surface area contributed by atoms with Gasteiger partial charge in [0.05, 0.1) is 23.4 Å². The van der Waals surface area contributed by atoms with Crippen LogP contribution in [0.4, 0.5) is 5.69 Å². The van der Waals surface area contributed by atoms with Gasteiger partial charge in [-0.3, -0.25) is 4.79 Å². The number of hydrogen-bond donors (Lipinski definition) is 0. The molecule has 0 fully saturated rings. The topological polar surface area (TPSA) is 29.5 Å². The Labute approximate surface area is 133 Å². The molecule has 0 N–H and O–H groups in total. The number of para-hydroxylation sites is 1. The minimum Gasteiger partial charge on any atom is -0.376 e. The third-order valence-corrected chi connectivity index (χ3v) is 3.81. The molecule has 0 aliphatic heterocycles. The van der Waals surface area contributed by atoms with Crippen LogP contribution in [0.3, 0.4) is 0 Å². The quantitative estimate of drug-likeness (QED) is 0.663. The number of amides is 1. The second-order valence-corrected chi connectivity index (χ2v) is 5.46. The molecule has 0 heterocycles. The Morgan fingerprint density at radius 1 is 1.24 bits per heavy atom. The summed E-state index contributed by atoms with van der Waals surface area (Å²) in [5, 5.41) is 0.601. The lowest BCUT2D eigenvalue weighted by atomic mass is 10.2. The maximum Gasteiger partial charge on any atom is 0.227 e. The van der Waals surface area contributed by atoms with E-state index in [-0.39, 0.29) is 12.0 Å². The molecule has 1 rings (SSSR count). The zero-order valence-corrected chi connectivity index (χ0v) is 14.0. The van der Waals surface area contributed by atoms with Crippen LogP contribution in [0.15, 0.2) is 24.3 Å². The highest BCUT2D eigenvalue weighted by atomic mass is 35.5. The molecule has 1 aromatic rings. The number of halogens is 1. The van der Waals surface area contributed by atoms with Crippen molar-refractivity contribution in [2.24, 2.45) is 0 Å². The first-order valence-corrected chi connectivity index (χ1v) is 8.18. The van der Waals surface area contributed by atoms with E-state index in [1.807, 2.05) is 31.2 Å². The Bertz CT molecular complexity index is 433. The molecule has 0 aliphatic rings. The molecule has 0 aromatic heterocycles. The van der Waals surface area contributed by atoms with Crippen LogP contribution in [0.1, 0.15) is 46.5 Å². The molecule has 0 saturated heterocycles. The lowest BCUT2D eigenvalue weighted by Gasteiger charge is -2.25. The van der Waals surface area contributed by atoms with Crippen LogP contribution in [0, 0.1) is 0 Å². The van der Waals surface area contributed by atoms with E-state index in [1.165, 1.54) is 0 Å². The fraction of sp³-hybridized carbons (Fsp3) is 0.588. The van der Waals surface area contributed by atoms with Crippen molar-refractivity contribution in [2.75, 3.05) is 18.1 Å². The molecule has 0 saturated carbocycles. The van der Waals surface area contributed by atoms with Crippen LogP contribution in [0.5, 0.6) is 0 Å². The van der Waals surface area contributed by atoms with Crippen LogP contribution in [0.2, 0.25) is 5.02 Å². The van der Waals surface area contributed by atoms with Crippen molar-refractivity contribution in [3.8, 4) is 0 Å². The van der Waals surface area contributed by atoms with E-state index in [0.29, 0.717) is 24.6 Å². The molecule has 0 spiro atoms. The summed E-state index contributed by atoms with van der Waals surface area (Å²) in [7, 11) is 0. The average Bonchev–Trinajstić information content (AvgIpc) is 2.49. The number of hydrogen-bond acceptors (Lipinski definition) is 2. The first-order chi connectivity index (χ1) is 10.1. The van der Waals surface area contributed by atoms with Gasteiger partial charge in [-0.05, 0) is 31.4 Å². The summed E-state index contributed by atoms with van der Waals surface area (Å²) < 4.78 is 5.82. The van der Waals surface area contributed by atoms with Crippen molar-refractivity contribution in [1.82, 2.24) is 0 Å². The summed E-state index contributed by atoms with van der Waals surface area (Å²) in [5.74, 6) is 0.0961. The van der Waals surface area contributed by atoms with E-state index in [4.69, 9.17) is 16.3 Å². The number of carbonyl (C=O) groups is 1. The molecule has 0 aliphatic carbocycles. The standard InChI is InChI=1S/C17H26ClNO2/c1-4-9-17(20)19(12-13-21-14(5-2)6-3)16-11-8-7-10-15(16)18/h7-8,10-11,14H,4-6,9,12-13H2,1-3H3. The Morgan fingerprint density at radius 3 is 2.48 bits per heavy atom. The van der Waals surface area contributed by atoms with Gasteiger partial charge in [-0.1, -0.05) is 44.5 Å². The highest BCUT2D eigenvalue weighted by molar-refractivity contribution is 6.33. The van der Waals surface area contributed by atoms with Gasteiger partial charge in [0.2, 0.25) is 5.91 Å². The van der Waals surface area contributed by atoms with Gasteiger partial charge in [0, 0.05) is 13.0 Å². The summed E-state index contributed by atoms with van der Waals surface area (Å²) in [6.45, 7) is 7.31. The largest absolute Gasteiger partial charge is 0.376 e. The van der Waals surface area contributed by atoms with Gasteiger partial charge in [-0.15, -0.1) is 0 Å². The minimum atomic E-state index is 0.0961. The lowest BCUT2D eigenvalue weighted by Crippen LogP contribution is -2.34. The van der Waals surface area contributed by atoms with Crippen LogP contribution in [-0.2, 0) is 9.53 Å². The average molecular weight is 312 g/mol. The van der Waals surface area contributed by atoms with Gasteiger partial charge in [0.15, 0.2) is 0 Å². The molecule has 118 valence electrons. The Kier molecular flexibility index (Phi) is 8.40. The zero-order valence-electron chi connectivity index (χ0n) is 13.3. The Morgan fingerprint density at radius 2 is 1.90 bits per heavy atom. The SMILES string of the molecule is CCCC(=O)N(CCOC(CC)CC)c1ccccc1Cl. The monoisotopic (exact) mass is 311 g/mol. The first kappa shape index (κ1) is 18.0. The molecule has 0 atom stereocenters. The summed E-state index contributed by atoms with van der Waals surface area (Å²) >= 11 is 6.22. The van der Waals surface area contributed by atoms with E-state index in [1.54, 1.807) is 4.90 Å². The fourth-order valence-electron chi connectivity index (χ4n) is 2.23. The lowest BCUT2D eigenvalue weighted by molar-refractivity contribution is -0.118. The van der Waals surface area contributed by atoms with E-state index in [0.717, 1.165) is 24.9 Å². The number of rotatable bonds is 9. The predicted octanol–water partition coefficient (Wildman–Crippen LogP) is 4.68. The van der Waals surface area contributed by atoms with Crippen molar-refractivity contribution in [3.05, 3.63) is 29.3 Å². The Hall–Kier alpha value is -1.06. The third kappa shape index (κ3) is 5.68. The third-order valence-electron chi connectivity index (χ3n) is 3.49. The number of ether oxygens (including phenoxy) is 1. The maximum atomic E-state index is 12.3. The molecule has 3 nitrogen and oxygen atoms in total. The number of carbonyl (C=O) groups excluding carboxylic acids is 1. The van der Waals surface area contributed by atoms with E-state index in [9.17, 15) is 4.79 Å². The van der Waals surface area contributed by atoms with Crippen molar-refractivity contribution in [1.29, 1.82) is 0 Å². The molecule has 0 unspecified atom stereocenters. The summed E-state index contributed by atoms with van der Waals surface area (Å²) in [6, 6.07) is 7.46. The van der Waals surface area contributed by atoms with Crippen LogP contribution in [0.25, 0.3) is 0 Å². The summed E-state index contributed by atoms with van der Waals surface area (Å²) in [6.07, 6.45) is 3.60. The number of nitrogens with zero attached hydrogens (tertiary/aromatic N) is 1. The Balaban J connectivity index is 2.74. The first-order valence-electron chi connectivity index (χ1n) is 7.80. The predicted molar refractivity (Wildman–Crippen MR) is 89.0 cm³/mol. The fourth-order valence-corrected chi connectivity index (χ4v) is 2.47. The van der Waals surface area contributed by atoms with Gasteiger partial charge in [-0.2, -0.15) is 0 Å². The molecular weight excluding hydrogens is 286 g/mol. The van der Waals surface area contributed by atoms with E-state index >= 15 is 0 Å². The van der Waals surface area contributed by atoms with Crippen LogP contribution < -0.4 is 4.90 Å². The maximum absolute atomic E-state index is 12.3. The van der Waals surface area contributed by atoms with E-state index in [2.05, 4.69) is 13.8 Å². The molecule has 21 heavy (non-hydrogen) atoms. The summed E-state index contributed by atoms with van der Waals surface area (Å²) in [5.41, 5.74) is 0.769. The normalized spacial score (nSPS) is 10.9. The second-order valence-electron chi connectivity index (χ2n) is 5.06. The van der Waals surface area contributed by atoms with Gasteiger partial charge in [0.25, 0.3) is 0 Å². The van der Waals surface area contributed by atoms with E-state index < -0.39 is 0 Å². The molecule has 0 radical (unpaired) electrons. The molecular formula is C17H26ClNO2. The number of benzene rings is 1. The van der Waals surface area contributed by atoms with Gasteiger partial charge >= 0.3 is 0 Å². The molecule has 1 aromatic carbocycles. The van der Waals surface area contributed by atoms with Crippen molar-refractivity contribution in [3.63, 3.8) is 0 Å². The van der Waals surface area contributed by atoms with Crippen LogP contribution >= 0.6 is 11.6 Å².